The number of aromatic amines is 1. The minimum atomic E-state index is -0.0751. The highest BCUT2D eigenvalue weighted by molar-refractivity contribution is 5.92. The van der Waals surface area contributed by atoms with Crippen molar-refractivity contribution in [3.63, 3.8) is 0 Å². The van der Waals surface area contributed by atoms with Gasteiger partial charge >= 0.3 is 0 Å². The summed E-state index contributed by atoms with van der Waals surface area (Å²) in [6.45, 7) is 2.83. The summed E-state index contributed by atoms with van der Waals surface area (Å²) in [4.78, 5) is 19.3. The Labute approximate surface area is 125 Å². The lowest BCUT2D eigenvalue weighted by atomic mass is 10.2. The quantitative estimate of drug-likeness (QED) is 0.850. The van der Waals surface area contributed by atoms with Gasteiger partial charge in [0.1, 0.15) is 17.5 Å². The topological polar surface area (TPSA) is 72.4 Å². The molecule has 1 unspecified atom stereocenters. The van der Waals surface area contributed by atoms with E-state index in [1.54, 1.807) is 12.1 Å². The molecule has 0 saturated carbocycles. The molecule has 6 nitrogen and oxygen atoms in total. The van der Waals surface area contributed by atoms with Gasteiger partial charge in [0.05, 0.1) is 6.10 Å². The second-order valence-electron chi connectivity index (χ2n) is 5.59. The van der Waals surface area contributed by atoms with Gasteiger partial charge in [-0.25, -0.2) is 0 Å². The monoisotopic (exact) mass is 290 g/mol. The molecular formula is C15H22N4O2. The van der Waals surface area contributed by atoms with Crippen molar-refractivity contribution in [2.24, 2.45) is 0 Å². The first-order chi connectivity index (χ1) is 10.1. The third kappa shape index (κ3) is 4.31. The molecule has 0 bridgehead atoms. The Hall–Kier alpha value is -1.84. The number of carbonyl (C=O) groups is 1. The molecule has 114 valence electrons. The van der Waals surface area contributed by atoms with Gasteiger partial charge in [-0.1, -0.05) is 0 Å². The summed E-state index contributed by atoms with van der Waals surface area (Å²) in [5, 5.41) is 8.84. The van der Waals surface area contributed by atoms with Crippen molar-refractivity contribution in [3.8, 4) is 6.07 Å². The first-order valence-electron chi connectivity index (χ1n) is 7.25. The number of hydrogen-bond donors (Lipinski definition) is 1. The van der Waals surface area contributed by atoms with Gasteiger partial charge in [0.2, 0.25) is 0 Å². The molecule has 1 aromatic rings. The van der Waals surface area contributed by atoms with Gasteiger partial charge in [-0.05, 0) is 39.1 Å². The molecule has 21 heavy (non-hydrogen) atoms. The van der Waals surface area contributed by atoms with E-state index in [0.29, 0.717) is 24.5 Å². The van der Waals surface area contributed by atoms with E-state index in [-0.39, 0.29) is 12.0 Å². The van der Waals surface area contributed by atoms with Gasteiger partial charge in [0.15, 0.2) is 0 Å². The van der Waals surface area contributed by atoms with Crippen molar-refractivity contribution in [1.29, 1.82) is 5.26 Å². The van der Waals surface area contributed by atoms with E-state index in [1.807, 2.05) is 30.0 Å². The third-order valence-corrected chi connectivity index (χ3v) is 3.59. The molecule has 2 heterocycles. The Balaban J connectivity index is 2.05. The average Bonchev–Trinajstić information content (AvgIpc) is 3.13. The maximum absolute atomic E-state index is 12.6. The maximum atomic E-state index is 12.6. The van der Waals surface area contributed by atoms with Gasteiger partial charge in [-0.15, -0.1) is 0 Å². The molecule has 0 aromatic carbocycles. The second-order valence-corrected chi connectivity index (χ2v) is 5.59. The molecule has 0 aliphatic carbocycles. The number of likely N-dealkylation sites (N-methyl/N-ethyl adjacent to an activating group) is 1. The van der Waals surface area contributed by atoms with E-state index >= 15 is 0 Å². The summed E-state index contributed by atoms with van der Waals surface area (Å²) >= 11 is 0. The van der Waals surface area contributed by atoms with Gasteiger partial charge in [-0.3, -0.25) is 4.79 Å². The molecule has 1 N–H and O–H groups in total. The van der Waals surface area contributed by atoms with Crippen LogP contribution in [0.15, 0.2) is 12.1 Å². The first-order valence-corrected chi connectivity index (χ1v) is 7.25. The van der Waals surface area contributed by atoms with Gasteiger partial charge in [-0.2, -0.15) is 5.26 Å². The zero-order chi connectivity index (χ0) is 15.2. The number of carbonyl (C=O) groups excluding carboxylic acids is 1. The minimum absolute atomic E-state index is 0.0751. The Kier molecular flexibility index (Phi) is 5.37. The van der Waals surface area contributed by atoms with E-state index in [2.05, 4.69) is 4.98 Å². The summed E-state index contributed by atoms with van der Waals surface area (Å²) in [5.74, 6) is -0.0751. The number of rotatable bonds is 6. The predicted octanol–water partition coefficient (Wildman–Crippen LogP) is 1.07. The molecule has 1 aliphatic heterocycles. The molecule has 1 saturated heterocycles. The van der Waals surface area contributed by atoms with E-state index in [9.17, 15) is 4.79 Å². The number of hydrogen-bond acceptors (Lipinski definition) is 4. The van der Waals surface area contributed by atoms with Crippen molar-refractivity contribution >= 4 is 5.91 Å². The van der Waals surface area contributed by atoms with Gasteiger partial charge in [0, 0.05) is 26.2 Å². The van der Waals surface area contributed by atoms with Crippen LogP contribution in [0, 0.1) is 11.3 Å². The Morgan fingerprint density at radius 3 is 2.86 bits per heavy atom. The van der Waals surface area contributed by atoms with Crippen molar-refractivity contribution in [2.75, 3.05) is 40.3 Å². The Morgan fingerprint density at radius 1 is 1.48 bits per heavy atom. The molecule has 0 radical (unpaired) electrons. The molecule has 1 amide bonds. The fourth-order valence-electron chi connectivity index (χ4n) is 2.39. The van der Waals surface area contributed by atoms with Crippen LogP contribution in [-0.4, -0.2) is 67.1 Å². The van der Waals surface area contributed by atoms with Crippen LogP contribution >= 0.6 is 0 Å². The van der Waals surface area contributed by atoms with Gasteiger partial charge < -0.3 is 19.5 Å². The highest BCUT2D eigenvalue weighted by Gasteiger charge is 2.24. The SMILES string of the molecule is CN(C)CCN(CC1CCCO1)C(=O)c1ccc(C#N)[nH]1. The number of nitrogens with one attached hydrogen (secondary N) is 1. The van der Waals surface area contributed by atoms with E-state index in [1.165, 1.54) is 0 Å². The van der Waals surface area contributed by atoms with Crippen molar-refractivity contribution in [3.05, 3.63) is 23.5 Å². The molecule has 1 atom stereocenters. The van der Waals surface area contributed by atoms with Crippen LogP contribution in [0.2, 0.25) is 0 Å². The molecule has 0 spiro atoms. The lowest BCUT2D eigenvalue weighted by molar-refractivity contribution is 0.0508. The second kappa shape index (κ2) is 7.25. The average molecular weight is 290 g/mol. The van der Waals surface area contributed by atoms with Crippen LogP contribution in [0.4, 0.5) is 0 Å². The fraction of sp³-hybridized carbons (Fsp3) is 0.600. The van der Waals surface area contributed by atoms with Crippen LogP contribution in [0.25, 0.3) is 0 Å². The van der Waals surface area contributed by atoms with E-state index < -0.39 is 0 Å². The minimum Gasteiger partial charge on any atom is -0.376 e. The van der Waals surface area contributed by atoms with Crippen LogP contribution in [0.3, 0.4) is 0 Å². The standard InChI is InChI=1S/C15H22N4O2/c1-18(2)7-8-19(11-13-4-3-9-21-13)15(20)14-6-5-12(10-16)17-14/h5-6,13,17H,3-4,7-9,11H2,1-2H3. The summed E-state index contributed by atoms with van der Waals surface area (Å²) in [7, 11) is 3.97. The normalized spacial score (nSPS) is 17.9. The van der Waals surface area contributed by atoms with Crippen molar-refractivity contribution in [2.45, 2.75) is 18.9 Å². The van der Waals surface area contributed by atoms with Crippen molar-refractivity contribution < 1.29 is 9.53 Å². The van der Waals surface area contributed by atoms with Crippen LogP contribution in [0.5, 0.6) is 0 Å². The van der Waals surface area contributed by atoms with Crippen LogP contribution < -0.4 is 0 Å². The smallest absolute Gasteiger partial charge is 0.270 e. The number of amides is 1. The molecule has 2 rings (SSSR count). The number of nitriles is 1. The predicted molar refractivity (Wildman–Crippen MR) is 78.9 cm³/mol. The lowest BCUT2D eigenvalue weighted by Gasteiger charge is -2.26. The van der Waals surface area contributed by atoms with Crippen LogP contribution in [-0.2, 0) is 4.74 Å². The molecular weight excluding hydrogens is 268 g/mol. The summed E-state index contributed by atoms with van der Waals surface area (Å²) in [6, 6.07) is 5.30. The Morgan fingerprint density at radius 2 is 2.29 bits per heavy atom. The van der Waals surface area contributed by atoms with E-state index in [4.69, 9.17) is 10.00 Å². The maximum Gasteiger partial charge on any atom is 0.270 e. The van der Waals surface area contributed by atoms with Crippen LogP contribution in [0.1, 0.15) is 29.0 Å². The summed E-state index contributed by atoms with van der Waals surface area (Å²) in [6.07, 6.45) is 2.18. The highest BCUT2D eigenvalue weighted by atomic mass is 16.5. The fourth-order valence-corrected chi connectivity index (χ4v) is 2.39. The number of H-pyrrole nitrogens is 1. The zero-order valence-corrected chi connectivity index (χ0v) is 12.6. The summed E-state index contributed by atoms with van der Waals surface area (Å²) in [5.41, 5.74) is 0.867. The summed E-state index contributed by atoms with van der Waals surface area (Å²) < 4.78 is 5.63. The highest BCUT2D eigenvalue weighted by Crippen LogP contribution is 2.15. The number of aromatic nitrogens is 1. The Bertz CT molecular complexity index is 512. The third-order valence-electron chi connectivity index (χ3n) is 3.59. The van der Waals surface area contributed by atoms with E-state index in [0.717, 1.165) is 26.0 Å². The molecule has 1 aliphatic rings. The lowest BCUT2D eigenvalue weighted by Crippen LogP contribution is -2.41. The molecule has 1 fully saturated rings. The largest absolute Gasteiger partial charge is 0.376 e. The van der Waals surface area contributed by atoms with Crippen molar-refractivity contribution in [1.82, 2.24) is 14.8 Å². The zero-order valence-electron chi connectivity index (χ0n) is 12.6. The number of ether oxygens (including phenoxy) is 1. The molecule has 6 heteroatoms. The van der Waals surface area contributed by atoms with Gasteiger partial charge in [0.25, 0.3) is 5.91 Å². The number of nitrogens with zero attached hydrogens (tertiary/aromatic N) is 3. The molecule has 1 aromatic heterocycles. The first kappa shape index (κ1) is 15.5.